The molecule has 0 saturated heterocycles. The maximum Gasteiger partial charge on any atom is 0.221 e. The van der Waals surface area contributed by atoms with Crippen LogP contribution in [0.5, 0.6) is 0 Å². The Morgan fingerprint density at radius 2 is 2.00 bits per heavy atom. The predicted octanol–water partition coefficient (Wildman–Crippen LogP) is 1.59. The molecule has 64 valence electrons. The number of nitro groups is 1. The van der Waals surface area contributed by atoms with Crippen molar-refractivity contribution >= 4 is 16.8 Å². The molecule has 0 aliphatic rings. The topological polar surface area (TPSA) is 60.2 Å². The van der Waals surface area contributed by atoms with Crippen LogP contribution in [0.15, 0.2) is 0 Å². The number of halogens is 1. The van der Waals surface area contributed by atoms with Crippen molar-refractivity contribution in [3.05, 3.63) is 10.1 Å². The van der Waals surface area contributed by atoms with Gasteiger partial charge in [-0.25, -0.2) is 0 Å². The first-order valence-corrected chi connectivity index (χ1v) is 3.81. The lowest BCUT2D eigenvalue weighted by Gasteiger charge is -1.93. The first-order chi connectivity index (χ1) is 5.13. The molecule has 0 rings (SSSR count). The minimum atomic E-state index is -0.369. The largest absolute Gasteiger partial charge is 0.281 e. The molecule has 0 amide bonds. The standard InChI is InChI=1S/C6H10ClNO3/c7-6(9)4-2-1-3-5-8(10)11/h1-5H2. The second-order valence-electron chi connectivity index (χ2n) is 2.22. The van der Waals surface area contributed by atoms with Gasteiger partial charge in [0, 0.05) is 17.8 Å². The zero-order valence-electron chi connectivity index (χ0n) is 6.09. The normalized spacial score (nSPS) is 9.55. The van der Waals surface area contributed by atoms with E-state index in [1.807, 2.05) is 0 Å². The molecule has 11 heavy (non-hydrogen) atoms. The van der Waals surface area contributed by atoms with E-state index in [0.717, 1.165) is 0 Å². The number of hydrogen-bond acceptors (Lipinski definition) is 3. The molecule has 0 aromatic carbocycles. The first kappa shape index (κ1) is 10.4. The van der Waals surface area contributed by atoms with Crippen LogP contribution in [0.4, 0.5) is 0 Å². The Morgan fingerprint density at radius 3 is 2.45 bits per heavy atom. The lowest BCUT2D eigenvalue weighted by atomic mass is 10.2. The molecule has 4 nitrogen and oxygen atoms in total. The van der Waals surface area contributed by atoms with Crippen molar-refractivity contribution in [3.8, 4) is 0 Å². The van der Waals surface area contributed by atoms with Crippen molar-refractivity contribution in [1.29, 1.82) is 0 Å². The summed E-state index contributed by atoms with van der Waals surface area (Å²) < 4.78 is 0. The predicted molar refractivity (Wildman–Crippen MR) is 41.2 cm³/mol. The fourth-order valence-electron chi connectivity index (χ4n) is 0.682. The van der Waals surface area contributed by atoms with Gasteiger partial charge in [-0.1, -0.05) is 0 Å². The van der Waals surface area contributed by atoms with E-state index in [1.165, 1.54) is 0 Å². The molecule has 0 N–H and O–H groups in total. The second kappa shape index (κ2) is 6.09. The van der Waals surface area contributed by atoms with E-state index in [1.54, 1.807) is 0 Å². The molecule has 0 fully saturated rings. The SMILES string of the molecule is O=C(Cl)CCCCC[N+](=O)[O-]. The second-order valence-corrected chi connectivity index (χ2v) is 2.64. The third-order valence-electron chi connectivity index (χ3n) is 1.21. The maximum atomic E-state index is 10.2. The highest BCUT2D eigenvalue weighted by molar-refractivity contribution is 6.63. The molecule has 0 heterocycles. The highest BCUT2D eigenvalue weighted by Crippen LogP contribution is 2.01. The van der Waals surface area contributed by atoms with Gasteiger partial charge in [0.1, 0.15) is 0 Å². The van der Waals surface area contributed by atoms with Crippen molar-refractivity contribution in [1.82, 2.24) is 0 Å². The number of rotatable bonds is 6. The van der Waals surface area contributed by atoms with Gasteiger partial charge in [0.05, 0.1) is 0 Å². The van der Waals surface area contributed by atoms with Gasteiger partial charge in [-0.15, -0.1) is 0 Å². The quantitative estimate of drug-likeness (QED) is 0.269. The highest BCUT2D eigenvalue weighted by Gasteiger charge is 1.98. The van der Waals surface area contributed by atoms with E-state index in [0.29, 0.717) is 25.7 Å². The zero-order chi connectivity index (χ0) is 8.69. The van der Waals surface area contributed by atoms with Crippen LogP contribution in [0.3, 0.4) is 0 Å². The Labute approximate surface area is 69.7 Å². The van der Waals surface area contributed by atoms with E-state index in [2.05, 4.69) is 0 Å². The van der Waals surface area contributed by atoms with Gasteiger partial charge in [0.25, 0.3) is 0 Å². The zero-order valence-corrected chi connectivity index (χ0v) is 6.84. The maximum absolute atomic E-state index is 10.2. The Hall–Kier alpha value is -0.640. The summed E-state index contributed by atoms with van der Waals surface area (Å²) in [4.78, 5) is 19.6. The average Bonchev–Trinajstić information content (AvgIpc) is 1.85. The summed E-state index contributed by atoms with van der Waals surface area (Å²) in [5.74, 6) is 0. The molecule has 0 spiro atoms. The molecule has 0 saturated carbocycles. The minimum Gasteiger partial charge on any atom is -0.281 e. The van der Waals surface area contributed by atoms with Crippen molar-refractivity contribution in [2.75, 3.05) is 6.54 Å². The number of hydrogen-bond donors (Lipinski definition) is 0. The third kappa shape index (κ3) is 9.36. The lowest BCUT2D eigenvalue weighted by Crippen LogP contribution is -2.00. The van der Waals surface area contributed by atoms with Gasteiger partial charge in [0.2, 0.25) is 11.8 Å². The Morgan fingerprint density at radius 1 is 1.36 bits per heavy atom. The minimum absolute atomic E-state index is 0.0174. The van der Waals surface area contributed by atoms with Crippen LogP contribution in [0, 0.1) is 10.1 Å². The van der Waals surface area contributed by atoms with Crippen LogP contribution in [-0.4, -0.2) is 16.7 Å². The summed E-state index contributed by atoms with van der Waals surface area (Å²) in [7, 11) is 0. The number of nitrogens with zero attached hydrogens (tertiary/aromatic N) is 1. The smallest absolute Gasteiger partial charge is 0.221 e. The Balaban J connectivity index is 3.03. The average molecular weight is 180 g/mol. The van der Waals surface area contributed by atoms with E-state index in [9.17, 15) is 14.9 Å². The molecule has 0 bridgehead atoms. The highest BCUT2D eigenvalue weighted by atomic mass is 35.5. The first-order valence-electron chi connectivity index (χ1n) is 3.43. The van der Waals surface area contributed by atoms with Crippen molar-refractivity contribution in [2.45, 2.75) is 25.7 Å². The lowest BCUT2D eigenvalue weighted by molar-refractivity contribution is -0.480. The number of carbonyl (C=O) groups is 1. The van der Waals surface area contributed by atoms with Gasteiger partial charge in [0.15, 0.2) is 0 Å². The van der Waals surface area contributed by atoms with Gasteiger partial charge < -0.3 is 0 Å². The van der Waals surface area contributed by atoms with Crippen LogP contribution in [0.1, 0.15) is 25.7 Å². The van der Waals surface area contributed by atoms with E-state index in [-0.39, 0.29) is 16.7 Å². The van der Waals surface area contributed by atoms with Crippen molar-refractivity contribution in [3.63, 3.8) is 0 Å². The molecule has 0 atom stereocenters. The van der Waals surface area contributed by atoms with Crippen LogP contribution in [0.2, 0.25) is 0 Å². The van der Waals surface area contributed by atoms with Crippen molar-refractivity contribution < 1.29 is 9.72 Å². The summed E-state index contributed by atoms with van der Waals surface area (Å²) in [6.45, 7) is -0.0174. The Bertz CT molecular complexity index is 133. The fraction of sp³-hybridized carbons (Fsp3) is 0.833. The summed E-state index contributed by atoms with van der Waals surface area (Å²) in [6.07, 6.45) is 2.19. The molecule has 5 heteroatoms. The van der Waals surface area contributed by atoms with Gasteiger partial charge in [-0.2, -0.15) is 0 Å². The van der Waals surface area contributed by atoms with E-state index in [4.69, 9.17) is 11.6 Å². The molecule has 0 aliphatic carbocycles. The molecular formula is C6H10ClNO3. The number of carbonyl (C=O) groups excluding carboxylic acids is 1. The Kier molecular flexibility index (Phi) is 5.74. The van der Waals surface area contributed by atoms with Crippen LogP contribution < -0.4 is 0 Å². The number of unbranched alkanes of at least 4 members (excludes halogenated alkanes) is 2. The molecule has 0 aromatic rings. The summed E-state index contributed by atoms with van der Waals surface area (Å²) in [5, 5.41) is 9.44. The van der Waals surface area contributed by atoms with Crippen molar-refractivity contribution in [2.24, 2.45) is 0 Å². The van der Waals surface area contributed by atoms with Crippen LogP contribution in [-0.2, 0) is 4.79 Å². The van der Waals surface area contributed by atoms with Gasteiger partial charge in [-0.3, -0.25) is 14.9 Å². The molecule has 0 unspecified atom stereocenters. The van der Waals surface area contributed by atoms with E-state index >= 15 is 0 Å². The third-order valence-corrected chi connectivity index (χ3v) is 1.40. The fourth-order valence-corrected chi connectivity index (χ4v) is 0.815. The summed E-state index contributed by atoms with van der Waals surface area (Å²) in [6, 6.07) is 0. The van der Waals surface area contributed by atoms with Gasteiger partial charge in [-0.05, 0) is 24.4 Å². The molecular weight excluding hydrogens is 170 g/mol. The molecule has 0 aromatic heterocycles. The van der Waals surface area contributed by atoms with Crippen LogP contribution in [0.25, 0.3) is 0 Å². The summed E-state index contributed by atoms with van der Waals surface area (Å²) >= 11 is 5.05. The van der Waals surface area contributed by atoms with E-state index < -0.39 is 0 Å². The molecule has 0 aliphatic heterocycles. The van der Waals surface area contributed by atoms with Gasteiger partial charge >= 0.3 is 0 Å². The monoisotopic (exact) mass is 179 g/mol. The summed E-state index contributed by atoms with van der Waals surface area (Å²) in [5.41, 5.74) is 0. The van der Waals surface area contributed by atoms with Crippen LogP contribution >= 0.6 is 11.6 Å². The molecule has 0 radical (unpaired) electrons.